The molecule has 2 atom stereocenters. The van der Waals surface area contributed by atoms with Crippen LogP contribution in [-0.4, -0.2) is 29.9 Å². The number of rotatable bonds is 6. The SMILES string of the molecule is CC12CCC(/C(=C/c3ccc(SOCC(=O)CO)cc3)C1=O)C2(C)C. The summed E-state index contributed by atoms with van der Waals surface area (Å²) in [7, 11) is 0. The Morgan fingerprint density at radius 1 is 1.32 bits per heavy atom. The molecule has 4 nitrogen and oxygen atoms in total. The molecule has 25 heavy (non-hydrogen) atoms. The predicted octanol–water partition coefficient (Wildman–Crippen LogP) is 3.68. The Hall–Kier alpha value is -1.43. The van der Waals surface area contributed by atoms with Crippen molar-refractivity contribution in [3.63, 3.8) is 0 Å². The van der Waals surface area contributed by atoms with Crippen LogP contribution in [0.2, 0.25) is 0 Å². The molecule has 0 saturated heterocycles. The second kappa shape index (κ2) is 6.71. The lowest BCUT2D eigenvalue weighted by atomic mass is 9.70. The largest absolute Gasteiger partial charge is 0.388 e. The number of hydrogen-bond acceptors (Lipinski definition) is 5. The Balaban J connectivity index is 1.71. The molecular weight excluding hydrogens is 336 g/mol. The summed E-state index contributed by atoms with van der Waals surface area (Å²) in [5.41, 5.74) is 1.76. The van der Waals surface area contributed by atoms with Gasteiger partial charge in [0, 0.05) is 22.4 Å². The van der Waals surface area contributed by atoms with Gasteiger partial charge in [0.15, 0.2) is 11.6 Å². The Morgan fingerprint density at radius 3 is 2.56 bits per heavy atom. The molecule has 2 unspecified atom stereocenters. The number of ketones is 2. The van der Waals surface area contributed by atoms with Crippen LogP contribution in [0.15, 0.2) is 34.7 Å². The fourth-order valence-corrected chi connectivity index (χ4v) is 4.68. The van der Waals surface area contributed by atoms with E-state index in [0.29, 0.717) is 11.7 Å². The molecule has 0 amide bonds. The number of fused-ring (bicyclic) bond motifs is 2. The quantitative estimate of drug-likeness (QED) is 0.619. The standard InChI is InChI=1S/C20H24O4S/c1-19(2)17-8-9-20(19,3)18(23)16(17)10-13-4-6-15(7-5-13)25-24-12-14(22)11-21/h4-7,10,17,21H,8-9,11-12H2,1-3H3/b16-10-. The molecule has 2 aliphatic rings. The molecule has 2 aliphatic carbocycles. The first-order valence-electron chi connectivity index (χ1n) is 8.58. The van der Waals surface area contributed by atoms with E-state index in [-0.39, 0.29) is 23.2 Å². The lowest BCUT2D eigenvalue weighted by Gasteiger charge is -2.31. The van der Waals surface area contributed by atoms with Crippen LogP contribution in [0.3, 0.4) is 0 Å². The summed E-state index contributed by atoms with van der Waals surface area (Å²) in [6.45, 7) is 5.93. The Labute approximate surface area is 152 Å². The van der Waals surface area contributed by atoms with Crippen LogP contribution < -0.4 is 0 Å². The van der Waals surface area contributed by atoms with E-state index >= 15 is 0 Å². The van der Waals surface area contributed by atoms with Crippen molar-refractivity contribution in [2.24, 2.45) is 16.7 Å². The number of allylic oxidation sites excluding steroid dienone is 1. The van der Waals surface area contributed by atoms with Crippen molar-refractivity contribution in [2.75, 3.05) is 13.2 Å². The van der Waals surface area contributed by atoms with Crippen LogP contribution >= 0.6 is 12.0 Å². The maximum absolute atomic E-state index is 12.9. The van der Waals surface area contributed by atoms with E-state index in [9.17, 15) is 9.59 Å². The van der Waals surface area contributed by atoms with Gasteiger partial charge in [0.25, 0.3) is 0 Å². The highest BCUT2D eigenvalue weighted by Crippen LogP contribution is 2.65. The van der Waals surface area contributed by atoms with E-state index in [1.807, 2.05) is 30.3 Å². The van der Waals surface area contributed by atoms with Crippen molar-refractivity contribution in [1.29, 1.82) is 0 Å². The number of aliphatic hydroxyl groups excluding tert-OH is 1. The molecule has 2 fully saturated rings. The molecule has 0 aliphatic heterocycles. The molecule has 1 N–H and O–H groups in total. The first-order valence-corrected chi connectivity index (χ1v) is 9.32. The van der Waals surface area contributed by atoms with Gasteiger partial charge in [-0.3, -0.25) is 9.59 Å². The summed E-state index contributed by atoms with van der Waals surface area (Å²) in [5.74, 6) is 0.296. The molecule has 0 spiro atoms. The van der Waals surface area contributed by atoms with Crippen LogP contribution in [-0.2, 0) is 13.8 Å². The molecule has 0 aromatic heterocycles. The van der Waals surface area contributed by atoms with Crippen LogP contribution in [0.1, 0.15) is 39.2 Å². The third-order valence-corrected chi connectivity index (χ3v) is 6.82. The first kappa shape index (κ1) is 18.4. The van der Waals surface area contributed by atoms with Gasteiger partial charge in [-0.2, -0.15) is 0 Å². The van der Waals surface area contributed by atoms with Gasteiger partial charge in [-0.15, -0.1) is 0 Å². The second-order valence-electron chi connectivity index (χ2n) is 7.69. The highest BCUT2D eigenvalue weighted by atomic mass is 32.2. The summed E-state index contributed by atoms with van der Waals surface area (Å²) in [5, 5.41) is 8.65. The lowest BCUT2D eigenvalue weighted by molar-refractivity contribution is -0.125. The zero-order valence-electron chi connectivity index (χ0n) is 14.9. The summed E-state index contributed by atoms with van der Waals surface area (Å²) in [6.07, 6.45) is 4.10. The number of carbonyl (C=O) groups is 2. The summed E-state index contributed by atoms with van der Waals surface area (Å²) >= 11 is 1.11. The van der Waals surface area contributed by atoms with Gasteiger partial charge in [-0.05, 0) is 53.5 Å². The van der Waals surface area contributed by atoms with Gasteiger partial charge in [0.05, 0.1) is 0 Å². The fraction of sp³-hybridized carbons (Fsp3) is 0.500. The van der Waals surface area contributed by atoms with Crippen molar-refractivity contribution >= 4 is 29.7 Å². The number of Topliss-reactive ketones (excluding diaryl/α,β-unsaturated/α-hetero) is 2. The topological polar surface area (TPSA) is 63.6 Å². The molecular formula is C20H24O4S. The van der Waals surface area contributed by atoms with E-state index in [1.54, 1.807) is 0 Å². The molecule has 0 radical (unpaired) electrons. The zero-order chi connectivity index (χ0) is 18.2. The normalized spacial score (nSPS) is 28.7. The molecule has 2 saturated carbocycles. The number of aliphatic hydroxyl groups is 1. The average Bonchev–Trinajstić information content (AvgIpc) is 2.90. The van der Waals surface area contributed by atoms with Gasteiger partial charge in [0.1, 0.15) is 13.2 Å². The number of hydrogen-bond donors (Lipinski definition) is 1. The van der Waals surface area contributed by atoms with Crippen LogP contribution in [0.25, 0.3) is 6.08 Å². The molecule has 5 heteroatoms. The molecule has 1 aromatic carbocycles. The van der Waals surface area contributed by atoms with Gasteiger partial charge in [-0.25, -0.2) is 0 Å². The van der Waals surface area contributed by atoms with Crippen LogP contribution in [0, 0.1) is 16.7 Å². The Bertz CT molecular complexity index is 720. The predicted molar refractivity (Wildman–Crippen MR) is 97.9 cm³/mol. The molecule has 1 aromatic rings. The molecule has 134 valence electrons. The monoisotopic (exact) mass is 360 g/mol. The van der Waals surface area contributed by atoms with E-state index in [1.165, 1.54) is 0 Å². The van der Waals surface area contributed by atoms with Crippen molar-refractivity contribution in [1.82, 2.24) is 0 Å². The molecule has 3 rings (SSSR count). The first-order chi connectivity index (χ1) is 11.8. The Kier molecular flexibility index (Phi) is 4.93. The third kappa shape index (κ3) is 3.09. The van der Waals surface area contributed by atoms with Crippen molar-refractivity contribution < 1.29 is 18.9 Å². The van der Waals surface area contributed by atoms with E-state index in [4.69, 9.17) is 9.29 Å². The third-order valence-electron chi connectivity index (χ3n) is 6.12. The minimum absolute atomic E-state index is 0.0266. The van der Waals surface area contributed by atoms with Gasteiger partial charge in [0.2, 0.25) is 0 Å². The molecule has 0 heterocycles. The average molecular weight is 360 g/mol. The van der Waals surface area contributed by atoms with Crippen LogP contribution in [0.4, 0.5) is 0 Å². The van der Waals surface area contributed by atoms with E-state index in [0.717, 1.165) is 40.9 Å². The number of carbonyl (C=O) groups excluding carboxylic acids is 2. The smallest absolute Gasteiger partial charge is 0.185 e. The summed E-state index contributed by atoms with van der Waals surface area (Å²) in [6, 6.07) is 7.73. The number of benzene rings is 1. The van der Waals surface area contributed by atoms with Gasteiger partial charge < -0.3 is 9.29 Å². The highest BCUT2D eigenvalue weighted by molar-refractivity contribution is 7.94. The lowest BCUT2D eigenvalue weighted by Crippen LogP contribution is -2.32. The van der Waals surface area contributed by atoms with Gasteiger partial charge in [-0.1, -0.05) is 32.9 Å². The Morgan fingerprint density at radius 2 is 2.00 bits per heavy atom. The summed E-state index contributed by atoms with van der Waals surface area (Å²) < 4.78 is 5.18. The zero-order valence-corrected chi connectivity index (χ0v) is 15.7. The maximum Gasteiger partial charge on any atom is 0.185 e. The second-order valence-corrected chi connectivity index (χ2v) is 8.56. The van der Waals surface area contributed by atoms with Crippen molar-refractivity contribution in [3.8, 4) is 0 Å². The maximum atomic E-state index is 12.9. The molecule has 2 bridgehead atoms. The van der Waals surface area contributed by atoms with Crippen LogP contribution in [0.5, 0.6) is 0 Å². The summed E-state index contributed by atoms with van der Waals surface area (Å²) in [4.78, 5) is 24.7. The minimum Gasteiger partial charge on any atom is -0.388 e. The van der Waals surface area contributed by atoms with Gasteiger partial charge >= 0.3 is 0 Å². The minimum atomic E-state index is -0.502. The fourth-order valence-electron chi connectivity index (χ4n) is 4.10. The highest BCUT2D eigenvalue weighted by Gasteiger charge is 2.63. The van der Waals surface area contributed by atoms with E-state index in [2.05, 4.69) is 20.8 Å². The van der Waals surface area contributed by atoms with Crippen molar-refractivity contribution in [2.45, 2.75) is 38.5 Å². The van der Waals surface area contributed by atoms with E-state index < -0.39 is 6.61 Å². The van der Waals surface area contributed by atoms with Crippen molar-refractivity contribution in [3.05, 3.63) is 35.4 Å².